The van der Waals surface area contributed by atoms with E-state index in [2.05, 4.69) is 31.8 Å². The van der Waals surface area contributed by atoms with Crippen LogP contribution in [0.15, 0.2) is 61.1 Å². The highest BCUT2D eigenvalue weighted by Crippen LogP contribution is 2.53. The number of hydrogen-bond donors (Lipinski definition) is 2. The van der Waals surface area contributed by atoms with Gasteiger partial charge in [-0.1, -0.05) is 35.3 Å². The molecule has 0 amide bonds. The average molecular weight is 958 g/mol. The number of carboxylic acid groups (broad SMARTS) is 1. The largest absolute Gasteiger partial charge is 0.490 e. The molecule has 1 aliphatic carbocycles. The lowest BCUT2D eigenvalue weighted by molar-refractivity contribution is -0.145. The van der Waals surface area contributed by atoms with E-state index in [1.54, 1.807) is 42.6 Å². The Morgan fingerprint density at radius 1 is 0.970 bits per heavy atom. The van der Waals surface area contributed by atoms with Gasteiger partial charge in [-0.3, -0.25) is 4.90 Å². The second kappa shape index (κ2) is 19.2. The number of hydrogen-bond acceptors (Lipinski definition) is 13. The first-order valence-electron chi connectivity index (χ1n) is 22.1. The number of nitrogens with zero attached hydrogens (tertiary/aromatic N) is 6. The number of aromatic nitrogens is 4. The normalized spacial score (nSPS) is 21.7. The van der Waals surface area contributed by atoms with Crippen LogP contribution in [0.2, 0.25) is 10.0 Å². The van der Waals surface area contributed by atoms with Gasteiger partial charge in [0.15, 0.2) is 5.75 Å². The van der Waals surface area contributed by atoms with E-state index in [1.165, 1.54) is 29.8 Å². The third-order valence-corrected chi connectivity index (χ3v) is 15.0. The number of benzene rings is 3. The Morgan fingerprint density at radius 2 is 1.70 bits per heavy atom. The highest BCUT2D eigenvalue weighted by atomic mass is 35.5. The molecular weight excluding hydrogens is 907 g/mol. The molecule has 0 spiro atoms. The third-order valence-electron chi connectivity index (χ3n) is 12.9. The van der Waals surface area contributed by atoms with Crippen LogP contribution in [0.3, 0.4) is 0 Å². The number of likely N-dealkylation sites (N-methyl/N-ethyl adjacent to an activating group) is 1. The molecule has 6 heterocycles. The van der Waals surface area contributed by atoms with Crippen molar-refractivity contribution < 1.29 is 38.3 Å². The number of halogens is 3. The molecule has 66 heavy (non-hydrogen) atoms. The van der Waals surface area contributed by atoms with Crippen LogP contribution >= 0.6 is 34.5 Å². The fraction of sp³-hybridized carbons (Fsp3) is 0.408. The van der Waals surface area contributed by atoms with Crippen molar-refractivity contribution in [1.29, 1.82) is 0 Å². The lowest BCUT2D eigenvalue weighted by Crippen LogP contribution is -2.49. The molecule has 1 saturated carbocycles. The molecule has 1 saturated heterocycles. The second-order valence-electron chi connectivity index (χ2n) is 17.8. The van der Waals surface area contributed by atoms with E-state index in [4.69, 9.17) is 47.1 Å². The molecule has 3 aromatic heterocycles. The van der Waals surface area contributed by atoms with Gasteiger partial charge >= 0.3 is 5.97 Å². The predicted octanol–water partition coefficient (Wildman–Crippen LogP) is 9.33. The summed E-state index contributed by atoms with van der Waals surface area (Å²) in [5, 5.41) is 22.4. The van der Waals surface area contributed by atoms with Crippen molar-refractivity contribution in [3.8, 4) is 44.7 Å². The number of rotatable bonds is 8. The third kappa shape index (κ3) is 9.78. The molecule has 6 aromatic rings. The van der Waals surface area contributed by atoms with Gasteiger partial charge in [0, 0.05) is 67.3 Å². The Kier molecular flexibility index (Phi) is 13.4. The van der Waals surface area contributed by atoms with Crippen LogP contribution in [0.25, 0.3) is 31.8 Å². The Labute approximate surface area is 396 Å². The van der Waals surface area contributed by atoms with Gasteiger partial charge in [-0.2, -0.15) is 0 Å². The number of carboxylic acids is 1. The van der Waals surface area contributed by atoms with Crippen LogP contribution in [-0.2, 0) is 17.8 Å². The summed E-state index contributed by atoms with van der Waals surface area (Å²) in [6, 6.07) is 13.2. The fourth-order valence-electron chi connectivity index (χ4n) is 9.05. The van der Waals surface area contributed by atoms with Crippen LogP contribution in [0.4, 0.5) is 4.39 Å². The van der Waals surface area contributed by atoms with Crippen LogP contribution in [0, 0.1) is 19.7 Å². The summed E-state index contributed by atoms with van der Waals surface area (Å²) in [5.74, 6) is 0.432. The highest BCUT2D eigenvalue weighted by molar-refractivity contribution is 7.22. The Morgan fingerprint density at radius 3 is 2.41 bits per heavy atom. The van der Waals surface area contributed by atoms with Gasteiger partial charge in [-0.05, 0) is 112 Å². The lowest BCUT2D eigenvalue weighted by atomic mass is 9.79. The molecule has 13 nitrogen and oxygen atoms in total. The maximum atomic E-state index is 14.4. The van der Waals surface area contributed by atoms with Crippen molar-refractivity contribution in [1.82, 2.24) is 29.7 Å². The van der Waals surface area contributed by atoms with E-state index < -0.39 is 29.6 Å². The van der Waals surface area contributed by atoms with Crippen molar-refractivity contribution in [3.05, 3.63) is 105 Å². The van der Waals surface area contributed by atoms with Crippen molar-refractivity contribution in [2.24, 2.45) is 0 Å². The van der Waals surface area contributed by atoms with Crippen molar-refractivity contribution >= 4 is 50.7 Å². The molecule has 3 aliphatic heterocycles. The SMILES string of the molecule is Cc1c(Cl)c2c(Cl)c(C)c1-c1c(-c3ccc(F)cc3)sc3ncnc(c13)O[C@@H](C(=O)O)Cc1cc(ccc1OCc1ccnc([C@H]3CC[C@@](C)(O)CC3)n1)OC[C@@H](CN1CCN(C)CC1)O2. The summed E-state index contributed by atoms with van der Waals surface area (Å²) in [5.41, 5.74) is 3.76. The quantitative estimate of drug-likeness (QED) is 0.149. The maximum Gasteiger partial charge on any atom is 0.345 e. The highest BCUT2D eigenvalue weighted by Gasteiger charge is 2.33. The van der Waals surface area contributed by atoms with Crippen molar-refractivity contribution in [3.63, 3.8) is 0 Å². The van der Waals surface area contributed by atoms with Gasteiger partial charge < -0.3 is 34.1 Å². The van der Waals surface area contributed by atoms with E-state index in [1.807, 2.05) is 20.8 Å². The van der Waals surface area contributed by atoms with E-state index >= 15 is 0 Å². The van der Waals surface area contributed by atoms with Crippen LogP contribution in [-0.4, -0.2) is 110 Å². The first-order chi connectivity index (χ1) is 31.7. The van der Waals surface area contributed by atoms with Gasteiger partial charge in [-0.25, -0.2) is 29.1 Å². The molecule has 2 N–H and O–H groups in total. The summed E-state index contributed by atoms with van der Waals surface area (Å²) in [6.45, 7) is 9.81. The van der Waals surface area contributed by atoms with Crippen LogP contribution in [0.1, 0.15) is 66.7 Å². The van der Waals surface area contributed by atoms with Crippen molar-refractivity contribution in [2.45, 2.75) is 83.2 Å². The predicted molar refractivity (Wildman–Crippen MR) is 252 cm³/mol. The molecule has 2 fully saturated rings. The number of aliphatic carboxylic acids is 1. The average Bonchev–Trinajstić information content (AvgIpc) is 3.69. The van der Waals surface area contributed by atoms with Crippen molar-refractivity contribution in [2.75, 3.05) is 46.4 Å². The minimum atomic E-state index is -1.46. The van der Waals surface area contributed by atoms with Gasteiger partial charge in [0.1, 0.15) is 53.6 Å². The zero-order valence-corrected chi connectivity index (χ0v) is 39.5. The van der Waals surface area contributed by atoms with Gasteiger partial charge in [-0.15, -0.1) is 11.3 Å². The number of fused-ring (bicyclic) bond motifs is 7. The fourth-order valence-corrected chi connectivity index (χ4v) is 10.7. The molecule has 0 radical (unpaired) electrons. The molecule has 10 rings (SSSR count). The molecular formula is C49H51Cl2FN6O7S. The number of ether oxygens (including phenoxy) is 4. The Balaban J connectivity index is 1.14. The zero-order valence-electron chi connectivity index (χ0n) is 37.2. The molecule has 4 aliphatic rings. The zero-order chi connectivity index (χ0) is 46.3. The molecule has 346 valence electrons. The number of piperazine rings is 1. The minimum absolute atomic E-state index is 0.0301. The monoisotopic (exact) mass is 956 g/mol. The van der Waals surface area contributed by atoms with E-state index in [0.29, 0.717) is 107 Å². The number of carbonyl (C=O) groups is 1. The Bertz CT molecular complexity index is 2730. The lowest BCUT2D eigenvalue weighted by Gasteiger charge is -2.35. The molecule has 2 atom stereocenters. The van der Waals surface area contributed by atoms with Gasteiger partial charge in [0.25, 0.3) is 0 Å². The first kappa shape index (κ1) is 46.0. The van der Waals surface area contributed by atoms with E-state index in [0.717, 1.165) is 39.0 Å². The summed E-state index contributed by atoms with van der Waals surface area (Å²) >= 11 is 16.0. The first-order valence-corrected chi connectivity index (χ1v) is 23.7. The minimum Gasteiger partial charge on any atom is -0.490 e. The van der Waals surface area contributed by atoms with Crippen LogP contribution in [0.5, 0.6) is 23.1 Å². The number of thiophene rings is 1. The number of aliphatic hydroxyl groups is 1. The standard InChI is InChI=1S/C49H51Cl2FN6O7S/c1-27-38-28(2)42(51)43(41(27)50)64-35(23-58-19-17-57(4)18-20-58)25-62-34-9-10-36(63-24-33-13-16-53-45(56-33)30-11-14-49(3,61)15-12-30)31(21-34)22-37(48(59)60)65-46-40-39(38)44(66-47(40)55-26-54-46)29-5-7-32(52)8-6-29/h5-10,13,16,21,26,30,35,37,61H,11-12,14-15,17-20,22-25H2,1-4H3,(H,59,60)/t30-,35-,37-,49+/m1/s1. The maximum absolute atomic E-state index is 14.4. The molecule has 3 aromatic carbocycles. The topological polar surface area (TPSA) is 152 Å². The summed E-state index contributed by atoms with van der Waals surface area (Å²) in [7, 11) is 2.10. The van der Waals surface area contributed by atoms with Gasteiger partial charge in [0.2, 0.25) is 12.0 Å². The van der Waals surface area contributed by atoms with Gasteiger partial charge in [0.05, 0.1) is 26.7 Å². The van der Waals surface area contributed by atoms with Crippen LogP contribution < -0.4 is 18.9 Å². The second-order valence-corrected chi connectivity index (χ2v) is 19.5. The summed E-state index contributed by atoms with van der Waals surface area (Å²) in [4.78, 5) is 37.7. The molecule has 4 bridgehead atoms. The van der Waals surface area contributed by atoms with E-state index in [9.17, 15) is 19.4 Å². The Hall–Kier alpha value is -5.16. The smallest absolute Gasteiger partial charge is 0.345 e. The van der Waals surface area contributed by atoms with E-state index in [-0.39, 0.29) is 31.4 Å². The summed E-state index contributed by atoms with van der Waals surface area (Å²) < 4.78 is 40.7. The molecule has 0 unspecified atom stereocenters. The summed E-state index contributed by atoms with van der Waals surface area (Å²) in [6.07, 6.45) is 3.83. The molecule has 17 heteroatoms.